The van der Waals surface area contributed by atoms with Crippen molar-refractivity contribution in [3.63, 3.8) is 0 Å². The number of rotatable bonds is 5. The number of tetrazole rings is 1. The van der Waals surface area contributed by atoms with Crippen LogP contribution in [0.5, 0.6) is 5.75 Å². The van der Waals surface area contributed by atoms with Crippen molar-refractivity contribution in [3.8, 4) is 11.8 Å². The van der Waals surface area contributed by atoms with Gasteiger partial charge in [0.1, 0.15) is 29.1 Å². The highest BCUT2D eigenvalue weighted by molar-refractivity contribution is 5.74. The lowest BCUT2D eigenvalue weighted by molar-refractivity contribution is 0.0275. The fourth-order valence-electron chi connectivity index (χ4n) is 2.72. The highest BCUT2D eigenvalue weighted by atomic mass is 16.6. The number of hydrogen-bond acceptors (Lipinski definition) is 8. The molecule has 1 amide bonds. The molecule has 1 aliphatic heterocycles. The van der Waals surface area contributed by atoms with Gasteiger partial charge >= 0.3 is 6.09 Å². The Morgan fingerprint density at radius 3 is 2.76 bits per heavy atom. The number of nitriles is 1. The summed E-state index contributed by atoms with van der Waals surface area (Å²) in [6.45, 7) is 6.65. The predicted molar refractivity (Wildman–Crippen MR) is 105 cm³/mol. The standard InChI is InChI=1S/C19H23N7O3/c1-19(2,3)29-18(27)26-9-8-16(12-26)28-15-6-4-14(5-7-15)21-11-13(10-20)17-22-24-25-23-17/h4-7,11,16,21H,8-9,12H2,1-3H3,(H,22,23,24,25). The number of anilines is 1. The van der Waals surface area contributed by atoms with Crippen LogP contribution in [0.2, 0.25) is 0 Å². The zero-order valence-corrected chi connectivity index (χ0v) is 16.5. The number of H-pyrrole nitrogens is 1. The van der Waals surface area contributed by atoms with Gasteiger partial charge in [0.15, 0.2) is 0 Å². The Hall–Kier alpha value is -3.61. The Kier molecular flexibility index (Phi) is 5.97. The molecule has 1 aromatic carbocycles. The molecule has 1 unspecified atom stereocenters. The summed E-state index contributed by atoms with van der Waals surface area (Å²) in [5.74, 6) is 0.921. The van der Waals surface area contributed by atoms with Gasteiger partial charge < -0.3 is 19.7 Å². The molecule has 1 aromatic heterocycles. The van der Waals surface area contributed by atoms with Crippen LogP contribution in [0.1, 0.15) is 33.0 Å². The summed E-state index contributed by atoms with van der Waals surface area (Å²) < 4.78 is 11.4. The smallest absolute Gasteiger partial charge is 0.410 e. The van der Waals surface area contributed by atoms with Crippen LogP contribution in [-0.2, 0) is 4.74 Å². The van der Waals surface area contributed by atoms with E-state index in [1.54, 1.807) is 4.90 Å². The maximum atomic E-state index is 12.1. The summed E-state index contributed by atoms with van der Waals surface area (Å²) in [7, 11) is 0. The Labute approximate surface area is 168 Å². The van der Waals surface area contributed by atoms with E-state index in [4.69, 9.17) is 14.7 Å². The second kappa shape index (κ2) is 8.60. The second-order valence-electron chi connectivity index (χ2n) is 7.53. The zero-order chi connectivity index (χ0) is 20.9. The number of aromatic nitrogens is 4. The summed E-state index contributed by atoms with van der Waals surface area (Å²) in [4.78, 5) is 13.8. The van der Waals surface area contributed by atoms with Crippen molar-refractivity contribution in [1.82, 2.24) is 25.5 Å². The summed E-state index contributed by atoms with van der Waals surface area (Å²) in [5, 5.41) is 25.5. The van der Waals surface area contributed by atoms with Gasteiger partial charge in [-0.25, -0.2) is 4.79 Å². The third kappa shape index (κ3) is 5.68. The maximum Gasteiger partial charge on any atom is 0.410 e. The number of benzene rings is 1. The molecule has 1 fully saturated rings. The monoisotopic (exact) mass is 397 g/mol. The lowest BCUT2D eigenvalue weighted by Gasteiger charge is -2.24. The van der Waals surface area contributed by atoms with Crippen molar-refractivity contribution in [1.29, 1.82) is 5.26 Å². The molecule has 0 saturated carbocycles. The third-order valence-electron chi connectivity index (χ3n) is 4.04. The molecule has 0 radical (unpaired) electrons. The van der Waals surface area contributed by atoms with Crippen molar-refractivity contribution < 1.29 is 14.3 Å². The second-order valence-corrected chi connectivity index (χ2v) is 7.53. The number of nitrogens with one attached hydrogen (secondary N) is 2. The van der Waals surface area contributed by atoms with E-state index in [9.17, 15) is 4.79 Å². The molecule has 1 saturated heterocycles. The Bertz CT molecular complexity index is 895. The van der Waals surface area contributed by atoms with Crippen LogP contribution in [0.25, 0.3) is 5.57 Å². The number of ether oxygens (including phenoxy) is 2. The van der Waals surface area contributed by atoms with Crippen LogP contribution in [-0.4, -0.2) is 56.4 Å². The molecule has 1 atom stereocenters. The van der Waals surface area contributed by atoms with Crippen molar-refractivity contribution in [2.24, 2.45) is 0 Å². The van der Waals surface area contributed by atoms with Crippen LogP contribution in [0, 0.1) is 11.3 Å². The quantitative estimate of drug-likeness (QED) is 0.737. The molecule has 0 bridgehead atoms. The summed E-state index contributed by atoms with van der Waals surface area (Å²) >= 11 is 0. The molecule has 2 aromatic rings. The number of aromatic amines is 1. The number of carbonyl (C=O) groups is 1. The first-order valence-electron chi connectivity index (χ1n) is 9.19. The van der Waals surface area contributed by atoms with Gasteiger partial charge in [0.25, 0.3) is 0 Å². The molecule has 10 nitrogen and oxygen atoms in total. The van der Waals surface area contributed by atoms with Gasteiger partial charge in [0.2, 0.25) is 5.82 Å². The number of nitrogens with zero attached hydrogens (tertiary/aromatic N) is 5. The number of carbonyl (C=O) groups excluding carboxylic acids is 1. The van der Waals surface area contributed by atoms with E-state index >= 15 is 0 Å². The van der Waals surface area contributed by atoms with E-state index < -0.39 is 5.60 Å². The van der Waals surface area contributed by atoms with Crippen molar-refractivity contribution in [2.75, 3.05) is 18.4 Å². The third-order valence-corrected chi connectivity index (χ3v) is 4.04. The number of hydrogen-bond donors (Lipinski definition) is 2. The Morgan fingerprint density at radius 1 is 1.38 bits per heavy atom. The first kappa shape index (κ1) is 20.1. The highest BCUT2D eigenvalue weighted by Crippen LogP contribution is 2.22. The van der Waals surface area contributed by atoms with E-state index in [-0.39, 0.29) is 23.6 Å². The molecular formula is C19H23N7O3. The van der Waals surface area contributed by atoms with Crippen LogP contribution in [0.15, 0.2) is 30.5 Å². The van der Waals surface area contributed by atoms with Crippen molar-refractivity contribution >= 4 is 17.4 Å². The van der Waals surface area contributed by atoms with Gasteiger partial charge in [-0.2, -0.15) is 10.5 Å². The Balaban J connectivity index is 1.52. The molecule has 10 heteroatoms. The summed E-state index contributed by atoms with van der Waals surface area (Å²) in [6, 6.07) is 9.32. The number of likely N-dealkylation sites (tertiary alicyclic amines) is 1. The van der Waals surface area contributed by atoms with E-state index in [2.05, 4.69) is 25.9 Å². The van der Waals surface area contributed by atoms with Gasteiger partial charge in [-0.3, -0.25) is 0 Å². The van der Waals surface area contributed by atoms with Crippen LogP contribution < -0.4 is 10.1 Å². The normalized spacial score (nSPS) is 17.0. The molecule has 2 N–H and O–H groups in total. The van der Waals surface area contributed by atoms with Crippen molar-refractivity contribution in [2.45, 2.75) is 38.9 Å². The average molecular weight is 397 g/mol. The van der Waals surface area contributed by atoms with E-state index in [0.29, 0.717) is 18.8 Å². The predicted octanol–water partition coefficient (Wildman–Crippen LogP) is 2.56. The van der Waals surface area contributed by atoms with E-state index in [0.717, 1.165) is 12.1 Å². The molecule has 3 rings (SSSR count). The molecule has 152 valence electrons. The van der Waals surface area contributed by atoms with Gasteiger partial charge in [-0.1, -0.05) is 0 Å². The average Bonchev–Trinajstić information content (AvgIpc) is 3.34. The van der Waals surface area contributed by atoms with Crippen LogP contribution >= 0.6 is 0 Å². The minimum atomic E-state index is -0.511. The fourth-order valence-corrected chi connectivity index (χ4v) is 2.72. The Morgan fingerprint density at radius 2 is 2.14 bits per heavy atom. The lowest BCUT2D eigenvalue weighted by atomic mass is 10.2. The summed E-state index contributed by atoms with van der Waals surface area (Å²) in [5.41, 5.74) is 0.519. The van der Waals surface area contributed by atoms with Gasteiger partial charge in [-0.15, -0.1) is 10.2 Å². The van der Waals surface area contributed by atoms with Crippen molar-refractivity contribution in [3.05, 3.63) is 36.3 Å². The zero-order valence-electron chi connectivity index (χ0n) is 16.5. The van der Waals surface area contributed by atoms with Gasteiger partial charge in [-0.05, 0) is 50.3 Å². The first-order chi connectivity index (χ1) is 13.8. The SMILES string of the molecule is CC(C)(C)OC(=O)N1CCC(Oc2ccc(NC=C(C#N)c3nn[nH]n3)cc2)C1. The van der Waals surface area contributed by atoms with Gasteiger partial charge in [0.05, 0.1) is 6.54 Å². The molecule has 0 spiro atoms. The lowest BCUT2D eigenvalue weighted by Crippen LogP contribution is -2.36. The minimum Gasteiger partial charge on any atom is -0.489 e. The first-order valence-corrected chi connectivity index (χ1v) is 9.19. The van der Waals surface area contributed by atoms with Crippen LogP contribution in [0.4, 0.5) is 10.5 Å². The molecular weight excluding hydrogens is 374 g/mol. The highest BCUT2D eigenvalue weighted by Gasteiger charge is 2.30. The largest absolute Gasteiger partial charge is 0.489 e. The van der Waals surface area contributed by atoms with Crippen LogP contribution in [0.3, 0.4) is 0 Å². The molecule has 2 heterocycles. The molecule has 1 aliphatic rings. The van der Waals surface area contributed by atoms with E-state index in [1.807, 2.05) is 51.1 Å². The molecule has 0 aliphatic carbocycles. The number of amides is 1. The topological polar surface area (TPSA) is 129 Å². The fraction of sp³-hybridized carbons (Fsp3) is 0.421. The minimum absolute atomic E-state index is 0.0790. The van der Waals surface area contributed by atoms with Gasteiger partial charge in [0, 0.05) is 24.9 Å². The maximum absolute atomic E-state index is 12.1. The number of allylic oxidation sites excluding steroid dienone is 1. The summed E-state index contributed by atoms with van der Waals surface area (Å²) in [6.07, 6.45) is 1.86. The molecule has 29 heavy (non-hydrogen) atoms. The van der Waals surface area contributed by atoms with E-state index in [1.165, 1.54) is 6.20 Å².